The topological polar surface area (TPSA) is 113 Å². The fourth-order valence-corrected chi connectivity index (χ4v) is 3.73. The fraction of sp³-hybridized carbons (Fsp3) is 0.462. The van der Waals surface area contributed by atoms with Crippen LogP contribution in [0.3, 0.4) is 0 Å². The molecule has 8 nitrogen and oxygen atoms in total. The largest absolute Gasteiger partial charge is 0.477 e. The summed E-state index contributed by atoms with van der Waals surface area (Å²) >= 11 is 2.67. The molecule has 4 N–H and O–H groups in total. The fourth-order valence-electron chi connectivity index (χ4n) is 2.07. The Balaban J connectivity index is 2.04. The van der Waals surface area contributed by atoms with E-state index < -0.39 is 0 Å². The predicted octanol–water partition coefficient (Wildman–Crippen LogP) is 0.461. The molecule has 2 heterocycles. The Morgan fingerprint density at radius 1 is 1.30 bits per heavy atom. The number of nitrogens with zero attached hydrogens (tertiary/aromatic N) is 4. The maximum absolute atomic E-state index is 11.6. The van der Waals surface area contributed by atoms with Crippen molar-refractivity contribution in [3.8, 4) is 0 Å². The van der Waals surface area contributed by atoms with Crippen LogP contribution in [0.15, 0.2) is 20.4 Å². The second kappa shape index (κ2) is 7.47. The molecule has 0 aliphatic rings. The van der Waals surface area contributed by atoms with Crippen molar-refractivity contribution in [2.75, 3.05) is 6.61 Å². The van der Waals surface area contributed by atoms with Crippen molar-refractivity contribution >= 4 is 28.6 Å². The lowest BCUT2D eigenvalue weighted by molar-refractivity contribution is 0.271. The quantitative estimate of drug-likeness (QED) is 0.351. The molecule has 0 atom stereocenters. The number of aromatic nitrogens is 2. The molecular formula is C13H20N6O2S2. The third-order valence-electron chi connectivity index (χ3n) is 3.50. The normalized spacial score (nSPS) is 12.8. The van der Waals surface area contributed by atoms with Crippen molar-refractivity contribution in [1.82, 2.24) is 9.13 Å². The van der Waals surface area contributed by atoms with Gasteiger partial charge in [0.15, 0.2) is 0 Å². The van der Waals surface area contributed by atoms with Crippen LogP contribution in [0, 0.1) is 20.8 Å². The summed E-state index contributed by atoms with van der Waals surface area (Å²) in [4.78, 5) is 13.4. The van der Waals surface area contributed by atoms with Gasteiger partial charge in [0.05, 0.1) is 6.54 Å². The number of hydrogen-bond acceptors (Lipinski definition) is 8. The van der Waals surface area contributed by atoms with Crippen molar-refractivity contribution in [2.45, 2.75) is 33.9 Å². The molecule has 126 valence electrons. The first-order valence-electron chi connectivity index (χ1n) is 6.93. The van der Waals surface area contributed by atoms with Gasteiger partial charge in [0.25, 0.3) is 0 Å². The SMILES string of the molecule is Cc1sc(=NN)n(CC(=NN)OCCn2c(C)csc2=O)c1C. The van der Waals surface area contributed by atoms with Gasteiger partial charge in [-0.15, -0.1) is 16.4 Å². The molecule has 10 heteroatoms. The van der Waals surface area contributed by atoms with E-state index in [0.29, 0.717) is 30.4 Å². The molecule has 23 heavy (non-hydrogen) atoms. The van der Waals surface area contributed by atoms with Gasteiger partial charge in [-0.05, 0) is 20.8 Å². The summed E-state index contributed by atoms with van der Waals surface area (Å²) in [6.07, 6.45) is 0. The Bertz CT molecular complexity index is 826. The minimum atomic E-state index is 0.000217. The average Bonchev–Trinajstić information content (AvgIpc) is 3.00. The molecule has 2 aromatic heterocycles. The van der Waals surface area contributed by atoms with Crippen LogP contribution in [0.1, 0.15) is 16.3 Å². The number of rotatable bonds is 5. The minimum Gasteiger partial charge on any atom is -0.477 e. The van der Waals surface area contributed by atoms with Crippen LogP contribution < -0.4 is 21.4 Å². The summed E-state index contributed by atoms with van der Waals surface area (Å²) in [6, 6.07) is 0. The highest BCUT2D eigenvalue weighted by Gasteiger charge is 2.11. The Morgan fingerprint density at radius 3 is 2.61 bits per heavy atom. The maximum Gasteiger partial charge on any atom is 0.307 e. The number of aryl methyl sites for hydroxylation is 2. The molecule has 0 radical (unpaired) electrons. The zero-order valence-corrected chi connectivity index (χ0v) is 14.9. The van der Waals surface area contributed by atoms with Crippen molar-refractivity contribution in [2.24, 2.45) is 21.9 Å². The van der Waals surface area contributed by atoms with Gasteiger partial charge in [-0.1, -0.05) is 11.3 Å². The molecule has 0 aliphatic carbocycles. The van der Waals surface area contributed by atoms with E-state index in [-0.39, 0.29) is 4.87 Å². The monoisotopic (exact) mass is 356 g/mol. The summed E-state index contributed by atoms with van der Waals surface area (Å²) in [5, 5.41) is 9.28. The average molecular weight is 356 g/mol. The Kier molecular flexibility index (Phi) is 5.61. The molecule has 2 rings (SSSR count). The van der Waals surface area contributed by atoms with E-state index in [0.717, 1.165) is 16.3 Å². The van der Waals surface area contributed by atoms with Crippen LogP contribution in [-0.2, 0) is 17.8 Å². The number of hydrazone groups is 1. The van der Waals surface area contributed by atoms with Crippen LogP contribution in [0.25, 0.3) is 0 Å². The van der Waals surface area contributed by atoms with Gasteiger partial charge in [-0.2, -0.15) is 5.10 Å². The summed E-state index contributed by atoms with van der Waals surface area (Å²) < 4.78 is 9.17. The molecule has 2 aromatic rings. The molecule has 0 unspecified atom stereocenters. The van der Waals surface area contributed by atoms with Gasteiger partial charge >= 0.3 is 4.87 Å². The van der Waals surface area contributed by atoms with Crippen LogP contribution >= 0.6 is 22.7 Å². The summed E-state index contributed by atoms with van der Waals surface area (Å²) in [7, 11) is 0. The zero-order chi connectivity index (χ0) is 17.0. The summed E-state index contributed by atoms with van der Waals surface area (Å²) in [6.45, 7) is 6.97. The van der Waals surface area contributed by atoms with Gasteiger partial charge in [0.2, 0.25) is 10.7 Å². The lowest BCUT2D eigenvalue weighted by atomic mass is 10.4. The van der Waals surface area contributed by atoms with E-state index in [1.165, 1.54) is 22.7 Å². The predicted molar refractivity (Wildman–Crippen MR) is 92.4 cm³/mol. The molecule has 0 amide bonds. The lowest BCUT2D eigenvalue weighted by Gasteiger charge is -2.11. The number of ether oxygens (including phenoxy) is 1. The van der Waals surface area contributed by atoms with Crippen molar-refractivity contribution in [3.05, 3.63) is 36.1 Å². The van der Waals surface area contributed by atoms with E-state index in [2.05, 4.69) is 10.2 Å². The molecule has 0 aliphatic heterocycles. The van der Waals surface area contributed by atoms with Gasteiger partial charge < -0.3 is 21.0 Å². The molecular weight excluding hydrogens is 336 g/mol. The number of thiazole rings is 2. The van der Waals surface area contributed by atoms with E-state index in [1.54, 1.807) is 4.57 Å². The minimum absolute atomic E-state index is 0.000217. The van der Waals surface area contributed by atoms with Crippen molar-refractivity contribution in [3.63, 3.8) is 0 Å². The van der Waals surface area contributed by atoms with Gasteiger partial charge in [0, 0.05) is 21.6 Å². The van der Waals surface area contributed by atoms with E-state index in [9.17, 15) is 4.79 Å². The van der Waals surface area contributed by atoms with Crippen LogP contribution in [0.5, 0.6) is 0 Å². The Labute approximate surface area is 141 Å². The summed E-state index contributed by atoms with van der Waals surface area (Å²) in [5.41, 5.74) is 1.95. The third kappa shape index (κ3) is 3.82. The van der Waals surface area contributed by atoms with E-state index in [4.69, 9.17) is 16.4 Å². The van der Waals surface area contributed by atoms with Gasteiger partial charge in [0.1, 0.15) is 13.2 Å². The van der Waals surface area contributed by atoms with Crippen LogP contribution in [0.4, 0.5) is 0 Å². The summed E-state index contributed by atoms with van der Waals surface area (Å²) in [5.74, 6) is 11.2. The van der Waals surface area contributed by atoms with Gasteiger partial charge in [-0.25, -0.2) is 0 Å². The van der Waals surface area contributed by atoms with Crippen LogP contribution in [-0.4, -0.2) is 21.6 Å². The molecule has 0 spiro atoms. The molecule has 0 fully saturated rings. The number of hydrogen-bond donors (Lipinski definition) is 2. The smallest absolute Gasteiger partial charge is 0.307 e. The molecule has 0 saturated heterocycles. The Hall–Kier alpha value is -2.07. The Morgan fingerprint density at radius 2 is 2.04 bits per heavy atom. The third-order valence-corrected chi connectivity index (χ3v) is 5.49. The zero-order valence-electron chi connectivity index (χ0n) is 13.3. The van der Waals surface area contributed by atoms with E-state index in [1.807, 2.05) is 30.7 Å². The highest BCUT2D eigenvalue weighted by molar-refractivity contribution is 7.09. The number of nitrogens with two attached hydrogens (primary N) is 2. The molecule has 0 bridgehead atoms. The van der Waals surface area contributed by atoms with Crippen molar-refractivity contribution < 1.29 is 4.74 Å². The maximum atomic E-state index is 11.6. The molecule has 0 aromatic carbocycles. The first kappa shape index (κ1) is 17.3. The van der Waals surface area contributed by atoms with Crippen LogP contribution in [0.2, 0.25) is 0 Å². The van der Waals surface area contributed by atoms with E-state index >= 15 is 0 Å². The standard InChI is InChI=1S/C13H20N6O2S2/c1-8-7-22-13(20)18(8)4-5-21-11(16-14)6-19-9(2)10(3)23-12(19)17-15/h7H,4-6,14-15H2,1-3H3. The highest BCUT2D eigenvalue weighted by atomic mass is 32.1. The first-order chi connectivity index (χ1) is 11.0. The van der Waals surface area contributed by atoms with Crippen molar-refractivity contribution in [1.29, 1.82) is 0 Å². The van der Waals surface area contributed by atoms with Gasteiger partial charge in [-0.3, -0.25) is 9.36 Å². The molecule has 0 saturated carbocycles. The first-order valence-corrected chi connectivity index (χ1v) is 8.62. The second-order valence-corrected chi connectivity index (χ2v) is 6.91. The highest BCUT2D eigenvalue weighted by Crippen LogP contribution is 2.09. The lowest BCUT2D eigenvalue weighted by Crippen LogP contribution is -2.27. The second-order valence-electron chi connectivity index (χ2n) is 4.91.